The van der Waals surface area contributed by atoms with Gasteiger partial charge < -0.3 is 19.1 Å². The molecule has 118 valence electrons. The van der Waals surface area contributed by atoms with Gasteiger partial charge in [0.15, 0.2) is 0 Å². The normalized spacial score (nSPS) is 31.6. The highest BCUT2D eigenvalue weighted by Gasteiger charge is 2.50. The van der Waals surface area contributed by atoms with Gasteiger partial charge in [-0.1, -0.05) is 5.16 Å². The first-order valence-electron chi connectivity index (χ1n) is 7.88. The van der Waals surface area contributed by atoms with Crippen LogP contribution in [-0.2, 0) is 9.53 Å². The van der Waals surface area contributed by atoms with Crippen molar-refractivity contribution in [2.24, 2.45) is 0 Å². The second-order valence-electron chi connectivity index (χ2n) is 6.14. The summed E-state index contributed by atoms with van der Waals surface area (Å²) >= 11 is 0. The third-order valence-corrected chi connectivity index (χ3v) is 4.92. The minimum absolute atomic E-state index is 0.0183. The van der Waals surface area contributed by atoms with Crippen LogP contribution in [0.4, 0.5) is 0 Å². The fourth-order valence-electron chi connectivity index (χ4n) is 3.93. The van der Waals surface area contributed by atoms with Crippen molar-refractivity contribution in [3.05, 3.63) is 18.0 Å². The zero-order chi connectivity index (χ0) is 15.1. The lowest BCUT2D eigenvalue weighted by Gasteiger charge is -2.34. The number of carbonyl (C=O) groups is 2. The number of aromatic nitrogens is 1. The van der Waals surface area contributed by atoms with E-state index in [2.05, 4.69) is 5.16 Å². The monoisotopic (exact) mass is 305 g/mol. The van der Waals surface area contributed by atoms with Crippen LogP contribution in [0.25, 0.3) is 0 Å². The van der Waals surface area contributed by atoms with Crippen molar-refractivity contribution in [2.75, 3.05) is 19.7 Å². The Morgan fingerprint density at radius 3 is 2.95 bits per heavy atom. The van der Waals surface area contributed by atoms with Crippen molar-refractivity contribution in [3.8, 4) is 0 Å². The van der Waals surface area contributed by atoms with Gasteiger partial charge in [0.05, 0.1) is 24.4 Å². The molecule has 7 heteroatoms. The zero-order valence-corrected chi connectivity index (χ0v) is 12.3. The Labute approximate surface area is 128 Å². The summed E-state index contributed by atoms with van der Waals surface area (Å²) in [6.45, 7) is 1.98. The fourth-order valence-corrected chi connectivity index (χ4v) is 3.93. The molecule has 3 fully saturated rings. The molecule has 1 aromatic heterocycles. The van der Waals surface area contributed by atoms with Crippen LogP contribution in [0.3, 0.4) is 0 Å². The van der Waals surface area contributed by atoms with Crippen LogP contribution in [0, 0.1) is 0 Å². The highest BCUT2D eigenvalue weighted by molar-refractivity contribution is 5.92. The van der Waals surface area contributed by atoms with Crippen LogP contribution >= 0.6 is 0 Å². The molecule has 1 aromatic rings. The molecule has 7 nitrogen and oxygen atoms in total. The summed E-state index contributed by atoms with van der Waals surface area (Å²) < 4.78 is 10.9. The minimum Gasteiger partial charge on any atom is -0.374 e. The van der Waals surface area contributed by atoms with Gasteiger partial charge in [-0.2, -0.15) is 0 Å². The number of carbonyl (C=O) groups excluding carboxylic acids is 2. The van der Waals surface area contributed by atoms with E-state index in [0.717, 1.165) is 25.8 Å². The lowest BCUT2D eigenvalue weighted by Crippen LogP contribution is -2.48. The quantitative estimate of drug-likeness (QED) is 0.802. The van der Waals surface area contributed by atoms with Crippen molar-refractivity contribution in [3.63, 3.8) is 0 Å². The number of ether oxygens (including phenoxy) is 1. The van der Waals surface area contributed by atoms with Crippen LogP contribution in [-0.4, -0.2) is 64.7 Å². The van der Waals surface area contributed by atoms with Gasteiger partial charge in [-0.05, 0) is 19.3 Å². The largest absolute Gasteiger partial charge is 0.374 e. The van der Waals surface area contributed by atoms with Gasteiger partial charge in [0.2, 0.25) is 11.7 Å². The number of hydrogen-bond donors (Lipinski definition) is 0. The molecule has 0 unspecified atom stereocenters. The smallest absolute Gasteiger partial charge is 0.292 e. The summed E-state index contributed by atoms with van der Waals surface area (Å²) in [7, 11) is 0. The van der Waals surface area contributed by atoms with Gasteiger partial charge in [-0.25, -0.2) is 0 Å². The van der Waals surface area contributed by atoms with Crippen molar-refractivity contribution < 1.29 is 18.8 Å². The number of fused-ring (bicyclic) bond motifs is 1. The van der Waals surface area contributed by atoms with Crippen molar-refractivity contribution in [2.45, 2.75) is 43.9 Å². The number of amides is 2. The van der Waals surface area contributed by atoms with Gasteiger partial charge in [0.25, 0.3) is 5.91 Å². The predicted octanol–water partition coefficient (Wildman–Crippen LogP) is 0.669. The highest BCUT2D eigenvalue weighted by Crippen LogP contribution is 2.34. The molecule has 4 rings (SSSR count). The molecule has 3 saturated heterocycles. The zero-order valence-electron chi connectivity index (χ0n) is 12.3. The Kier molecular flexibility index (Phi) is 3.37. The Hall–Kier alpha value is -1.89. The Morgan fingerprint density at radius 2 is 2.23 bits per heavy atom. The van der Waals surface area contributed by atoms with Gasteiger partial charge in [-0.15, -0.1) is 0 Å². The van der Waals surface area contributed by atoms with Gasteiger partial charge >= 0.3 is 0 Å². The SMILES string of the molecule is O=C1CCCN1[C@@H]1CN(C(=O)c2ccno2)[C@@H]2CCCO[C@H]12. The summed E-state index contributed by atoms with van der Waals surface area (Å²) in [5.74, 6) is 0.261. The topological polar surface area (TPSA) is 75.9 Å². The van der Waals surface area contributed by atoms with E-state index in [1.165, 1.54) is 6.20 Å². The molecule has 0 aromatic carbocycles. The molecule has 0 spiro atoms. The van der Waals surface area contributed by atoms with Crippen molar-refractivity contribution >= 4 is 11.8 Å². The summed E-state index contributed by atoms with van der Waals surface area (Å²) in [5, 5.41) is 3.61. The number of likely N-dealkylation sites (tertiary alicyclic amines) is 2. The van der Waals surface area contributed by atoms with Crippen molar-refractivity contribution in [1.82, 2.24) is 15.0 Å². The van der Waals surface area contributed by atoms with E-state index in [1.807, 2.05) is 4.90 Å². The molecular formula is C15H19N3O4. The van der Waals surface area contributed by atoms with E-state index in [0.29, 0.717) is 19.6 Å². The average molecular weight is 305 g/mol. The summed E-state index contributed by atoms with van der Waals surface area (Å²) in [6.07, 6.45) is 4.72. The number of rotatable bonds is 2. The molecule has 3 atom stereocenters. The molecule has 0 aliphatic carbocycles. The van der Waals surface area contributed by atoms with Gasteiger partial charge in [-0.3, -0.25) is 9.59 Å². The Morgan fingerprint density at radius 1 is 1.32 bits per heavy atom. The van der Waals surface area contributed by atoms with E-state index in [4.69, 9.17) is 9.26 Å². The number of hydrogen-bond acceptors (Lipinski definition) is 5. The third-order valence-electron chi connectivity index (χ3n) is 4.92. The first kappa shape index (κ1) is 13.8. The molecule has 0 N–H and O–H groups in total. The van der Waals surface area contributed by atoms with Crippen LogP contribution in [0.5, 0.6) is 0 Å². The summed E-state index contributed by atoms with van der Waals surface area (Å²) in [4.78, 5) is 28.4. The summed E-state index contributed by atoms with van der Waals surface area (Å²) in [5.41, 5.74) is 0. The maximum absolute atomic E-state index is 12.6. The first-order valence-corrected chi connectivity index (χ1v) is 7.88. The molecular weight excluding hydrogens is 286 g/mol. The predicted molar refractivity (Wildman–Crippen MR) is 75.0 cm³/mol. The second-order valence-corrected chi connectivity index (χ2v) is 6.14. The first-order chi connectivity index (χ1) is 10.8. The molecule has 3 aliphatic rings. The third kappa shape index (κ3) is 2.11. The molecule has 0 bridgehead atoms. The summed E-state index contributed by atoms with van der Waals surface area (Å²) in [6, 6.07) is 1.56. The van der Waals surface area contributed by atoms with Crippen LogP contribution in [0.1, 0.15) is 36.2 Å². The number of nitrogens with zero attached hydrogens (tertiary/aromatic N) is 3. The molecule has 0 saturated carbocycles. The molecule has 0 radical (unpaired) electrons. The second kappa shape index (κ2) is 5.39. The van der Waals surface area contributed by atoms with E-state index < -0.39 is 0 Å². The molecule has 22 heavy (non-hydrogen) atoms. The van der Waals surface area contributed by atoms with Gasteiger partial charge in [0, 0.05) is 32.2 Å². The van der Waals surface area contributed by atoms with Gasteiger partial charge in [0.1, 0.15) is 0 Å². The lowest BCUT2D eigenvalue weighted by atomic mass is 10.00. The average Bonchev–Trinajstić information content (AvgIpc) is 3.25. The fraction of sp³-hybridized carbons (Fsp3) is 0.667. The molecule has 3 aliphatic heterocycles. The van der Waals surface area contributed by atoms with E-state index >= 15 is 0 Å². The van der Waals surface area contributed by atoms with Crippen LogP contribution < -0.4 is 0 Å². The van der Waals surface area contributed by atoms with Crippen LogP contribution in [0.2, 0.25) is 0 Å². The molecule has 4 heterocycles. The minimum atomic E-state index is -0.160. The standard InChI is InChI=1S/C15H19N3O4/c19-13-4-1-7-17(13)11-9-18(10-3-2-8-21-14(10)11)15(20)12-5-6-16-22-12/h5-6,10-11,14H,1-4,7-9H2/t10-,11-,14+/m1/s1. The van der Waals surface area contributed by atoms with E-state index in [9.17, 15) is 9.59 Å². The Balaban J connectivity index is 1.60. The lowest BCUT2D eigenvalue weighted by molar-refractivity contribution is -0.132. The van der Waals surface area contributed by atoms with Crippen molar-refractivity contribution in [1.29, 1.82) is 0 Å². The molecule has 2 amide bonds. The van der Waals surface area contributed by atoms with Crippen LogP contribution in [0.15, 0.2) is 16.8 Å². The Bertz CT molecular complexity index is 573. The highest BCUT2D eigenvalue weighted by atomic mass is 16.5. The maximum Gasteiger partial charge on any atom is 0.292 e. The maximum atomic E-state index is 12.6. The van der Waals surface area contributed by atoms with E-state index in [1.54, 1.807) is 11.0 Å². The van der Waals surface area contributed by atoms with E-state index in [-0.39, 0.29) is 35.8 Å².